The maximum absolute atomic E-state index is 5.47. The normalized spacial score (nSPS) is 12.9. The summed E-state index contributed by atoms with van der Waals surface area (Å²) in [6, 6.07) is 4.24. The number of ether oxygens (including phenoxy) is 2. The molecule has 0 saturated heterocycles. The van der Waals surface area contributed by atoms with Gasteiger partial charge >= 0.3 is 0 Å². The Morgan fingerprint density at radius 2 is 2.00 bits per heavy atom. The van der Waals surface area contributed by atoms with Gasteiger partial charge in [-0.25, -0.2) is 0 Å². The number of rotatable bonds is 8. The van der Waals surface area contributed by atoms with Crippen LogP contribution in [-0.4, -0.2) is 31.0 Å². The van der Waals surface area contributed by atoms with Crippen LogP contribution in [0.15, 0.2) is 24.5 Å². The van der Waals surface area contributed by atoms with Crippen molar-refractivity contribution in [1.29, 1.82) is 0 Å². The number of aromatic nitrogens is 1. The van der Waals surface area contributed by atoms with Gasteiger partial charge in [0.1, 0.15) is 0 Å². The molecule has 0 fully saturated rings. The van der Waals surface area contributed by atoms with Gasteiger partial charge in [0.05, 0.1) is 0 Å². The van der Waals surface area contributed by atoms with Gasteiger partial charge in [0.2, 0.25) is 0 Å². The minimum absolute atomic E-state index is 0.177. The average molecular weight is 238 g/mol. The van der Waals surface area contributed by atoms with Gasteiger partial charge in [-0.2, -0.15) is 0 Å². The molecule has 0 aliphatic carbocycles. The molecule has 0 spiro atoms. The van der Waals surface area contributed by atoms with Crippen LogP contribution in [0, 0.1) is 0 Å². The van der Waals surface area contributed by atoms with Crippen LogP contribution in [0.2, 0.25) is 0 Å². The van der Waals surface area contributed by atoms with E-state index in [9.17, 15) is 0 Å². The van der Waals surface area contributed by atoms with E-state index >= 15 is 0 Å². The Kier molecular flexibility index (Phi) is 6.77. The topological polar surface area (TPSA) is 43.4 Å². The predicted octanol–water partition coefficient (Wildman–Crippen LogP) is 2.13. The maximum Gasteiger partial charge on any atom is 0.169 e. The molecule has 4 heteroatoms. The zero-order valence-corrected chi connectivity index (χ0v) is 10.8. The van der Waals surface area contributed by atoms with E-state index < -0.39 is 0 Å². The van der Waals surface area contributed by atoms with Gasteiger partial charge in [0, 0.05) is 38.2 Å². The first-order valence-electron chi connectivity index (χ1n) is 6.14. The number of nitrogens with zero attached hydrogens (tertiary/aromatic N) is 1. The average Bonchev–Trinajstić information content (AvgIpc) is 2.37. The van der Waals surface area contributed by atoms with Crippen LogP contribution in [-0.2, 0) is 9.47 Å². The lowest BCUT2D eigenvalue weighted by molar-refractivity contribution is -0.133. The molecule has 1 N–H and O–H groups in total. The van der Waals surface area contributed by atoms with Crippen molar-refractivity contribution in [2.24, 2.45) is 0 Å². The molecule has 17 heavy (non-hydrogen) atoms. The monoisotopic (exact) mass is 238 g/mol. The van der Waals surface area contributed by atoms with E-state index in [2.05, 4.69) is 23.3 Å². The summed E-state index contributed by atoms with van der Waals surface area (Å²) in [6.45, 7) is 8.04. The van der Waals surface area contributed by atoms with E-state index in [4.69, 9.17) is 9.47 Å². The minimum Gasteiger partial charge on any atom is -0.352 e. The zero-order valence-electron chi connectivity index (χ0n) is 10.8. The van der Waals surface area contributed by atoms with Crippen LogP contribution >= 0.6 is 0 Å². The molecule has 1 atom stereocenters. The molecule has 0 radical (unpaired) electrons. The second-order valence-corrected chi connectivity index (χ2v) is 3.76. The Bertz CT molecular complexity index is 287. The van der Waals surface area contributed by atoms with Crippen molar-refractivity contribution < 1.29 is 9.47 Å². The van der Waals surface area contributed by atoms with Gasteiger partial charge in [-0.3, -0.25) is 4.98 Å². The summed E-state index contributed by atoms with van der Waals surface area (Å²) < 4.78 is 10.9. The molecule has 1 aromatic rings. The fourth-order valence-corrected chi connectivity index (χ4v) is 1.56. The van der Waals surface area contributed by atoms with Crippen molar-refractivity contribution in [2.45, 2.75) is 33.1 Å². The van der Waals surface area contributed by atoms with E-state index in [1.807, 2.05) is 26.1 Å². The highest BCUT2D eigenvalue weighted by Gasteiger charge is 2.10. The molecule has 4 nitrogen and oxygen atoms in total. The molecule has 0 unspecified atom stereocenters. The molecule has 1 rings (SSSR count). The molecule has 0 aliphatic heterocycles. The van der Waals surface area contributed by atoms with Crippen LogP contribution in [0.25, 0.3) is 0 Å². The molecular weight excluding hydrogens is 216 g/mol. The van der Waals surface area contributed by atoms with E-state index in [0.717, 1.165) is 0 Å². The Morgan fingerprint density at radius 1 is 1.29 bits per heavy atom. The van der Waals surface area contributed by atoms with Crippen LogP contribution in [0.5, 0.6) is 0 Å². The van der Waals surface area contributed by atoms with Crippen molar-refractivity contribution >= 4 is 0 Å². The second-order valence-electron chi connectivity index (χ2n) is 3.76. The number of hydrogen-bond donors (Lipinski definition) is 1. The van der Waals surface area contributed by atoms with E-state index in [-0.39, 0.29) is 12.3 Å². The molecule has 96 valence electrons. The summed E-state index contributed by atoms with van der Waals surface area (Å²) in [7, 11) is 0. The predicted molar refractivity (Wildman–Crippen MR) is 67.7 cm³/mol. The first-order chi connectivity index (χ1) is 8.27. The summed E-state index contributed by atoms with van der Waals surface area (Å²) in [5, 5.41) is 3.38. The van der Waals surface area contributed by atoms with Crippen LogP contribution in [0.4, 0.5) is 0 Å². The van der Waals surface area contributed by atoms with Crippen molar-refractivity contribution in [2.75, 3.05) is 19.8 Å². The van der Waals surface area contributed by atoms with Crippen molar-refractivity contribution in [3.05, 3.63) is 30.1 Å². The third-order valence-corrected chi connectivity index (χ3v) is 2.48. The second kappa shape index (κ2) is 8.17. The number of nitrogens with one attached hydrogen (secondary N) is 1. The highest BCUT2D eigenvalue weighted by molar-refractivity contribution is 5.12. The van der Waals surface area contributed by atoms with Crippen molar-refractivity contribution in [1.82, 2.24) is 10.3 Å². The molecule has 0 saturated carbocycles. The largest absolute Gasteiger partial charge is 0.352 e. The van der Waals surface area contributed by atoms with Crippen LogP contribution in [0.3, 0.4) is 0 Å². The molecular formula is C13H22N2O2. The first kappa shape index (κ1) is 14.1. The highest BCUT2D eigenvalue weighted by Crippen LogP contribution is 2.09. The van der Waals surface area contributed by atoms with Gasteiger partial charge in [-0.1, -0.05) is 6.07 Å². The molecule has 0 aromatic carbocycles. The fraction of sp³-hybridized carbons (Fsp3) is 0.615. The van der Waals surface area contributed by atoms with Crippen molar-refractivity contribution in [3.63, 3.8) is 0 Å². The summed E-state index contributed by atoms with van der Waals surface area (Å²) in [5.41, 5.74) is 1.17. The fourth-order valence-electron chi connectivity index (χ4n) is 1.56. The SMILES string of the molecule is CCOC(CN[C@@H](C)c1cccnc1)OCC. The van der Waals surface area contributed by atoms with Crippen LogP contribution in [0.1, 0.15) is 32.4 Å². The van der Waals surface area contributed by atoms with E-state index in [1.165, 1.54) is 5.56 Å². The smallest absolute Gasteiger partial charge is 0.169 e. The third kappa shape index (κ3) is 5.26. The number of hydrogen-bond acceptors (Lipinski definition) is 4. The van der Waals surface area contributed by atoms with Crippen LogP contribution < -0.4 is 5.32 Å². The standard InChI is InChI=1S/C13H22N2O2/c1-4-16-13(17-5-2)10-15-11(3)12-7-6-8-14-9-12/h6-9,11,13,15H,4-5,10H2,1-3H3/t11-/m0/s1. The Labute approximate surface area is 103 Å². The first-order valence-corrected chi connectivity index (χ1v) is 6.14. The van der Waals surface area contributed by atoms with E-state index in [0.29, 0.717) is 19.8 Å². The Hall–Kier alpha value is -0.970. The summed E-state index contributed by atoms with van der Waals surface area (Å²) in [4.78, 5) is 4.10. The lowest BCUT2D eigenvalue weighted by atomic mass is 10.1. The van der Waals surface area contributed by atoms with Crippen molar-refractivity contribution in [3.8, 4) is 0 Å². The molecule has 0 aliphatic rings. The lowest BCUT2D eigenvalue weighted by Crippen LogP contribution is -2.33. The molecule has 1 heterocycles. The van der Waals surface area contributed by atoms with Gasteiger partial charge < -0.3 is 14.8 Å². The molecule has 1 aromatic heterocycles. The highest BCUT2D eigenvalue weighted by atomic mass is 16.7. The Morgan fingerprint density at radius 3 is 2.53 bits per heavy atom. The van der Waals surface area contributed by atoms with Gasteiger partial charge in [0.25, 0.3) is 0 Å². The summed E-state index contributed by atoms with van der Waals surface area (Å²) in [5.74, 6) is 0. The maximum atomic E-state index is 5.47. The van der Waals surface area contributed by atoms with Gasteiger partial charge in [-0.15, -0.1) is 0 Å². The van der Waals surface area contributed by atoms with Gasteiger partial charge in [-0.05, 0) is 32.4 Å². The zero-order chi connectivity index (χ0) is 12.5. The quantitative estimate of drug-likeness (QED) is 0.705. The third-order valence-electron chi connectivity index (χ3n) is 2.48. The van der Waals surface area contributed by atoms with Gasteiger partial charge in [0.15, 0.2) is 6.29 Å². The lowest BCUT2D eigenvalue weighted by Gasteiger charge is -2.20. The van der Waals surface area contributed by atoms with E-state index in [1.54, 1.807) is 6.20 Å². The molecule has 0 bridgehead atoms. The summed E-state index contributed by atoms with van der Waals surface area (Å²) >= 11 is 0. The number of pyridine rings is 1. The molecule has 0 amide bonds. The Balaban J connectivity index is 2.38. The minimum atomic E-state index is -0.177. The summed E-state index contributed by atoms with van der Waals surface area (Å²) in [6.07, 6.45) is 3.47.